The summed E-state index contributed by atoms with van der Waals surface area (Å²) in [5, 5.41) is 10.2. The number of nitrogens with one attached hydrogen (secondary N) is 2. The largest absolute Gasteiger partial charge is 0.366 e. The van der Waals surface area contributed by atoms with Crippen LogP contribution in [0.25, 0.3) is 0 Å². The second kappa shape index (κ2) is 5.28. The first kappa shape index (κ1) is 14.0. The third kappa shape index (κ3) is 3.53. The Morgan fingerprint density at radius 1 is 1.32 bits per heavy atom. The molecule has 2 aromatic heterocycles. The van der Waals surface area contributed by atoms with E-state index in [1.54, 1.807) is 0 Å². The van der Waals surface area contributed by atoms with E-state index in [9.17, 15) is 0 Å². The Morgan fingerprint density at radius 2 is 2.05 bits per heavy atom. The van der Waals surface area contributed by atoms with Gasteiger partial charge in [-0.1, -0.05) is 20.8 Å². The predicted octanol–water partition coefficient (Wildman–Crippen LogP) is 3.18. The molecule has 6 heteroatoms. The second-order valence-electron chi connectivity index (χ2n) is 5.52. The molecule has 5 nitrogen and oxygen atoms in total. The molecule has 19 heavy (non-hydrogen) atoms. The summed E-state index contributed by atoms with van der Waals surface area (Å²) in [6, 6.07) is 1.88. The average Bonchev–Trinajstić information content (AvgIpc) is 2.70. The van der Waals surface area contributed by atoms with Crippen molar-refractivity contribution in [1.29, 1.82) is 0 Å². The number of aromatic nitrogens is 4. The molecule has 0 atom stereocenters. The Labute approximate surface area is 121 Å². The summed E-state index contributed by atoms with van der Waals surface area (Å²) in [5.41, 5.74) is 2.12. The van der Waals surface area contributed by atoms with E-state index in [4.69, 9.17) is 0 Å². The van der Waals surface area contributed by atoms with Crippen molar-refractivity contribution in [2.45, 2.75) is 39.7 Å². The SMILES string of the molecule is Cc1[nH]ncc1CNc1cc(Br)nc(C(C)(C)C)n1. The monoisotopic (exact) mass is 323 g/mol. The Hall–Kier alpha value is -1.43. The molecule has 0 aliphatic carbocycles. The van der Waals surface area contributed by atoms with Crippen LogP contribution in [-0.2, 0) is 12.0 Å². The van der Waals surface area contributed by atoms with Gasteiger partial charge in [-0.3, -0.25) is 5.10 Å². The minimum Gasteiger partial charge on any atom is -0.366 e. The summed E-state index contributed by atoms with van der Waals surface area (Å²) >= 11 is 3.43. The smallest absolute Gasteiger partial charge is 0.137 e. The fourth-order valence-electron chi connectivity index (χ4n) is 1.58. The van der Waals surface area contributed by atoms with Crippen LogP contribution in [0, 0.1) is 6.92 Å². The van der Waals surface area contributed by atoms with Crippen molar-refractivity contribution in [3.8, 4) is 0 Å². The predicted molar refractivity (Wildman–Crippen MR) is 79.1 cm³/mol. The first-order valence-electron chi connectivity index (χ1n) is 6.14. The van der Waals surface area contributed by atoms with Crippen molar-refractivity contribution >= 4 is 21.7 Å². The lowest BCUT2D eigenvalue weighted by Crippen LogP contribution is -2.17. The van der Waals surface area contributed by atoms with Gasteiger partial charge in [0, 0.05) is 29.3 Å². The molecule has 0 amide bonds. The summed E-state index contributed by atoms with van der Waals surface area (Å²) in [6.45, 7) is 8.98. The number of aromatic amines is 1. The van der Waals surface area contributed by atoms with Crippen LogP contribution in [0.2, 0.25) is 0 Å². The van der Waals surface area contributed by atoms with E-state index in [0.29, 0.717) is 6.54 Å². The van der Waals surface area contributed by atoms with Gasteiger partial charge in [0.15, 0.2) is 0 Å². The zero-order valence-electron chi connectivity index (χ0n) is 11.6. The van der Waals surface area contributed by atoms with Crippen LogP contribution >= 0.6 is 15.9 Å². The molecule has 2 N–H and O–H groups in total. The van der Waals surface area contributed by atoms with Crippen molar-refractivity contribution in [2.75, 3.05) is 5.32 Å². The molecule has 2 rings (SSSR count). The lowest BCUT2D eigenvalue weighted by atomic mass is 9.96. The van der Waals surface area contributed by atoms with Crippen molar-refractivity contribution in [3.63, 3.8) is 0 Å². The van der Waals surface area contributed by atoms with Gasteiger partial charge in [-0.15, -0.1) is 0 Å². The molecule has 2 heterocycles. The molecule has 0 aromatic carbocycles. The van der Waals surface area contributed by atoms with Gasteiger partial charge in [-0.2, -0.15) is 5.10 Å². The lowest BCUT2D eigenvalue weighted by Gasteiger charge is -2.17. The van der Waals surface area contributed by atoms with Crippen LogP contribution in [0.3, 0.4) is 0 Å². The second-order valence-corrected chi connectivity index (χ2v) is 6.34. The third-order valence-corrected chi connectivity index (χ3v) is 3.17. The van der Waals surface area contributed by atoms with Gasteiger partial charge in [0.05, 0.1) is 6.20 Å². The molecule has 0 fully saturated rings. The maximum atomic E-state index is 4.55. The van der Waals surface area contributed by atoms with E-state index in [-0.39, 0.29) is 5.41 Å². The average molecular weight is 324 g/mol. The number of H-pyrrole nitrogens is 1. The number of hydrogen-bond acceptors (Lipinski definition) is 4. The summed E-state index contributed by atoms with van der Waals surface area (Å²) in [7, 11) is 0. The van der Waals surface area contributed by atoms with Gasteiger partial charge in [0.25, 0.3) is 0 Å². The molecular formula is C13H18BrN5. The molecule has 0 aliphatic heterocycles. The Balaban J connectivity index is 2.17. The number of nitrogens with zero attached hydrogens (tertiary/aromatic N) is 3. The molecule has 0 bridgehead atoms. The van der Waals surface area contributed by atoms with Crippen molar-refractivity contribution in [2.24, 2.45) is 0 Å². The van der Waals surface area contributed by atoms with Gasteiger partial charge in [-0.05, 0) is 22.9 Å². The molecule has 0 radical (unpaired) electrons. The topological polar surface area (TPSA) is 66.5 Å². The molecular weight excluding hydrogens is 306 g/mol. The van der Waals surface area contributed by atoms with Crippen LogP contribution in [0.5, 0.6) is 0 Å². The molecule has 0 saturated heterocycles. The summed E-state index contributed by atoms with van der Waals surface area (Å²) in [4.78, 5) is 8.97. The van der Waals surface area contributed by atoms with Crippen LogP contribution in [0.1, 0.15) is 37.9 Å². The summed E-state index contributed by atoms with van der Waals surface area (Å²) < 4.78 is 0.791. The summed E-state index contributed by atoms with van der Waals surface area (Å²) in [5.74, 6) is 1.63. The van der Waals surface area contributed by atoms with E-state index < -0.39 is 0 Å². The Morgan fingerprint density at radius 3 is 2.63 bits per heavy atom. The van der Waals surface area contributed by atoms with Crippen molar-refractivity contribution < 1.29 is 0 Å². The normalized spacial score (nSPS) is 11.6. The number of anilines is 1. The van der Waals surface area contributed by atoms with Gasteiger partial charge in [-0.25, -0.2) is 9.97 Å². The molecule has 102 valence electrons. The number of halogens is 1. The lowest BCUT2D eigenvalue weighted by molar-refractivity contribution is 0.544. The van der Waals surface area contributed by atoms with Crippen LogP contribution < -0.4 is 5.32 Å². The minimum atomic E-state index is -0.0776. The number of hydrogen-bond donors (Lipinski definition) is 2. The Bertz CT molecular complexity index is 571. The highest BCUT2D eigenvalue weighted by Crippen LogP contribution is 2.22. The fraction of sp³-hybridized carbons (Fsp3) is 0.462. The standard InChI is InChI=1S/C13H18BrN5/c1-8-9(7-16-19-8)6-15-11-5-10(14)17-12(18-11)13(2,3)4/h5,7H,6H2,1-4H3,(H,16,19)(H,15,17,18). The Kier molecular flexibility index (Phi) is 3.89. The van der Waals surface area contributed by atoms with Gasteiger partial charge in [0.2, 0.25) is 0 Å². The quantitative estimate of drug-likeness (QED) is 0.851. The number of aryl methyl sites for hydroxylation is 1. The van der Waals surface area contributed by atoms with E-state index in [1.165, 1.54) is 0 Å². The zero-order chi connectivity index (χ0) is 14.0. The van der Waals surface area contributed by atoms with Crippen LogP contribution in [0.15, 0.2) is 16.9 Å². The maximum absolute atomic E-state index is 4.55. The first-order chi connectivity index (χ1) is 8.86. The molecule has 0 aliphatic rings. The number of rotatable bonds is 3. The maximum Gasteiger partial charge on any atom is 0.137 e. The van der Waals surface area contributed by atoms with Gasteiger partial charge < -0.3 is 5.32 Å². The van der Waals surface area contributed by atoms with Crippen molar-refractivity contribution in [3.05, 3.63) is 33.9 Å². The zero-order valence-corrected chi connectivity index (χ0v) is 13.2. The molecule has 0 saturated carbocycles. The highest BCUT2D eigenvalue weighted by molar-refractivity contribution is 9.10. The van der Waals surface area contributed by atoms with E-state index in [1.807, 2.05) is 19.2 Å². The molecule has 0 unspecified atom stereocenters. The first-order valence-corrected chi connectivity index (χ1v) is 6.93. The molecule has 2 aromatic rings. The van der Waals surface area contributed by atoms with Crippen LogP contribution in [0.4, 0.5) is 5.82 Å². The van der Waals surface area contributed by atoms with E-state index in [0.717, 1.165) is 27.5 Å². The minimum absolute atomic E-state index is 0.0776. The highest BCUT2D eigenvalue weighted by atomic mass is 79.9. The third-order valence-electron chi connectivity index (χ3n) is 2.76. The molecule has 0 spiro atoms. The van der Waals surface area contributed by atoms with Gasteiger partial charge >= 0.3 is 0 Å². The van der Waals surface area contributed by atoms with E-state index >= 15 is 0 Å². The highest BCUT2D eigenvalue weighted by Gasteiger charge is 2.18. The van der Waals surface area contributed by atoms with Crippen LogP contribution in [-0.4, -0.2) is 20.2 Å². The van der Waals surface area contributed by atoms with E-state index in [2.05, 4.69) is 62.2 Å². The summed E-state index contributed by atoms with van der Waals surface area (Å²) in [6.07, 6.45) is 1.82. The fourth-order valence-corrected chi connectivity index (χ4v) is 1.97. The van der Waals surface area contributed by atoms with Gasteiger partial charge in [0.1, 0.15) is 16.2 Å². The van der Waals surface area contributed by atoms with Crippen molar-refractivity contribution in [1.82, 2.24) is 20.2 Å².